The number of unbranched alkanes of at least 4 members (excludes halogenated alkanes) is 11. The molecule has 1 rings (SSSR count). The van der Waals surface area contributed by atoms with Gasteiger partial charge in [-0.15, -0.1) is 0 Å². The topological polar surface area (TPSA) is 55.8 Å². The Bertz CT molecular complexity index is 611. The van der Waals surface area contributed by atoms with E-state index >= 15 is 0 Å². The number of aliphatic hydroxyl groups is 1. The Hall–Kier alpha value is -1.81. The lowest BCUT2D eigenvalue weighted by Crippen LogP contribution is -2.25. The first-order valence-corrected chi connectivity index (χ1v) is 12.2. The van der Waals surface area contributed by atoms with Crippen molar-refractivity contribution in [3.8, 4) is 5.75 Å². The zero-order chi connectivity index (χ0) is 22.7. The number of aryl methyl sites for hydroxylation is 1. The molecule has 0 aliphatic carbocycles. The van der Waals surface area contributed by atoms with Gasteiger partial charge in [-0.25, -0.2) is 4.79 Å². The van der Waals surface area contributed by atoms with E-state index in [4.69, 9.17) is 9.47 Å². The van der Waals surface area contributed by atoms with Crippen LogP contribution in [-0.2, 0) is 16.0 Å². The van der Waals surface area contributed by atoms with Crippen molar-refractivity contribution in [2.45, 2.75) is 103 Å². The molecule has 0 saturated carbocycles. The van der Waals surface area contributed by atoms with Crippen molar-refractivity contribution in [2.24, 2.45) is 0 Å². The lowest BCUT2D eigenvalue weighted by Gasteiger charge is -2.13. The van der Waals surface area contributed by atoms with Crippen LogP contribution in [0.3, 0.4) is 0 Å². The predicted molar refractivity (Wildman–Crippen MR) is 128 cm³/mol. The second-order valence-electron chi connectivity index (χ2n) is 8.63. The van der Waals surface area contributed by atoms with Crippen molar-refractivity contribution in [1.29, 1.82) is 0 Å². The highest BCUT2D eigenvalue weighted by atomic mass is 16.5. The largest absolute Gasteiger partial charge is 0.491 e. The average Bonchev–Trinajstić information content (AvgIpc) is 2.77. The summed E-state index contributed by atoms with van der Waals surface area (Å²) in [5.41, 5.74) is 1.58. The molecule has 4 heteroatoms. The molecule has 0 heterocycles. The van der Waals surface area contributed by atoms with Crippen LogP contribution in [0, 0.1) is 0 Å². The third kappa shape index (κ3) is 14.8. The molecule has 1 N–H and O–H groups in total. The molecule has 0 spiro atoms. The van der Waals surface area contributed by atoms with Gasteiger partial charge in [-0.05, 0) is 37.5 Å². The van der Waals surface area contributed by atoms with Crippen LogP contribution in [0.4, 0.5) is 0 Å². The Morgan fingerprint density at radius 2 is 1.52 bits per heavy atom. The molecular weight excluding hydrogens is 388 g/mol. The molecule has 31 heavy (non-hydrogen) atoms. The fraction of sp³-hybridized carbons (Fsp3) is 0.667. The molecule has 1 unspecified atom stereocenters. The van der Waals surface area contributed by atoms with E-state index in [9.17, 15) is 9.90 Å². The van der Waals surface area contributed by atoms with Crippen LogP contribution in [0.1, 0.15) is 96.5 Å². The summed E-state index contributed by atoms with van der Waals surface area (Å²) >= 11 is 0. The lowest BCUT2D eigenvalue weighted by molar-refractivity contribution is -0.142. The van der Waals surface area contributed by atoms with Gasteiger partial charge in [0, 0.05) is 5.57 Å². The van der Waals surface area contributed by atoms with Crippen LogP contribution < -0.4 is 4.74 Å². The van der Waals surface area contributed by atoms with Gasteiger partial charge in [-0.1, -0.05) is 96.3 Å². The predicted octanol–water partition coefficient (Wildman–Crippen LogP) is 6.79. The average molecular weight is 433 g/mol. The minimum Gasteiger partial charge on any atom is -0.491 e. The van der Waals surface area contributed by atoms with Crippen LogP contribution in [0.2, 0.25) is 0 Å². The molecular formula is C27H44O4. The fourth-order valence-corrected chi connectivity index (χ4v) is 3.50. The SMILES string of the molecule is C=C(C)C(=O)OCC(O)COc1cccc(CCCCCCCCCCCCCC)c1. The molecule has 0 saturated heterocycles. The Balaban J connectivity index is 2.08. The van der Waals surface area contributed by atoms with E-state index in [1.54, 1.807) is 6.92 Å². The molecule has 0 amide bonds. The number of rotatable bonds is 19. The molecule has 0 aromatic heterocycles. The first-order chi connectivity index (χ1) is 15.0. The lowest BCUT2D eigenvalue weighted by atomic mass is 10.0. The van der Waals surface area contributed by atoms with E-state index in [0.717, 1.165) is 12.2 Å². The number of hydrogen-bond donors (Lipinski definition) is 1. The smallest absolute Gasteiger partial charge is 0.333 e. The summed E-state index contributed by atoms with van der Waals surface area (Å²) in [7, 11) is 0. The Labute approximate surface area is 190 Å². The first kappa shape index (κ1) is 27.2. The highest BCUT2D eigenvalue weighted by molar-refractivity contribution is 5.86. The Kier molecular flexibility index (Phi) is 15.7. The third-order valence-electron chi connectivity index (χ3n) is 5.42. The van der Waals surface area contributed by atoms with Crippen LogP contribution in [0.25, 0.3) is 0 Å². The summed E-state index contributed by atoms with van der Waals surface area (Å²) in [6, 6.07) is 8.03. The molecule has 0 radical (unpaired) electrons. The number of benzene rings is 1. The summed E-state index contributed by atoms with van der Waals surface area (Å²) in [6.45, 7) is 7.35. The Morgan fingerprint density at radius 1 is 0.935 bits per heavy atom. The normalized spacial score (nSPS) is 11.8. The molecule has 176 valence electrons. The van der Waals surface area contributed by atoms with E-state index in [2.05, 4.69) is 19.6 Å². The second-order valence-corrected chi connectivity index (χ2v) is 8.63. The van der Waals surface area contributed by atoms with Crippen LogP contribution >= 0.6 is 0 Å². The monoisotopic (exact) mass is 432 g/mol. The minimum absolute atomic E-state index is 0.0888. The molecule has 0 bridgehead atoms. The van der Waals surface area contributed by atoms with E-state index in [-0.39, 0.29) is 13.2 Å². The quantitative estimate of drug-likeness (QED) is 0.149. The number of carbonyl (C=O) groups is 1. The zero-order valence-electron chi connectivity index (χ0n) is 19.9. The number of ether oxygens (including phenoxy) is 2. The fourth-order valence-electron chi connectivity index (χ4n) is 3.50. The van der Waals surface area contributed by atoms with Crippen molar-refractivity contribution in [3.05, 3.63) is 42.0 Å². The first-order valence-electron chi connectivity index (χ1n) is 12.2. The molecule has 0 aliphatic heterocycles. The Morgan fingerprint density at radius 3 is 2.10 bits per heavy atom. The molecule has 0 aliphatic rings. The van der Waals surface area contributed by atoms with Gasteiger partial charge in [-0.2, -0.15) is 0 Å². The van der Waals surface area contributed by atoms with E-state index in [1.165, 1.54) is 82.6 Å². The van der Waals surface area contributed by atoms with Crippen LogP contribution in [0.15, 0.2) is 36.4 Å². The van der Waals surface area contributed by atoms with Gasteiger partial charge < -0.3 is 14.6 Å². The van der Waals surface area contributed by atoms with Crippen molar-refractivity contribution in [3.63, 3.8) is 0 Å². The van der Waals surface area contributed by atoms with Crippen molar-refractivity contribution in [2.75, 3.05) is 13.2 Å². The van der Waals surface area contributed by atoms with Gasteiger partial charge >= 0.3 is 5.97 Å². The van der Waals surface area contributed by atoms with Crippen molar-refractivity contribution < 1.29 is 19.4 Å². The standard InChI is InChI=1S/C27H44O4/c1-4-5-6-7-8-9-10-11-12-13-14-15-17-24-18-16-19-26(20-24)30-21-25(28)22-31-27(29)23(2)3/h16,18-20,25,28H,2,4-15,17,21-22H2,1,3H3. The van der Waals surface area contributed by atoms with Gasteiger partial charge in [0.15, 0.2) is 0 Å². The second kappa shape index (κ2) is 17.8. The summed E-state index contributed by atoms with van der Waals surface area (Å²) in [5.74, 6) is 0.241. The van der Waals surface area contributed by atoms with Crippen LogP contribution in [-0.4, -0.2) is 30.4 Å². The van der Waals surface area contributed by atoms with E-state index in [1.807, 2.05) is 18.2 Å². The van der Waals surface area contributed by atoms with Gasteiger partial charge in [0.05, 0.1) is 0 Å². The summed E-state index contributed by atoms with van der Waals surface area (Å²) < 4.78 is 10.6. The summed E-state index contributed by atoms with van der Waals surface area (Å²) in [6.07, 6.45) is 16.5. The van der Waals surface area contributed by atoms with Gasteiger partial charge in [0.1, 0.15) is 25.1 Å². The summed E-state index contributed by atoms with van der Waals surface area (Å²) in [5, 5.41) is 9.90. The number of aliphatic hydroxyl groups excluding tert-OH is 1. The summed E-state index contributed by atoms with van der Waals surface area (Å²) in [4.78, 5) is 11.3. The molecule has 4 nitrogen and oxygen atoms in total. The maximum atomic E-state index is 11.3. The maximum Gasteiger partial charge on any atom is 0.333 e. The molecule has 1 aromatic carbocycles. The van der Waals surface area contributed by atoms with Crippen molar-refractivity contribution >= 4 is 5.97 Å². The van der Waals surface area contributed by atoms with E-state index in [0.29, 0.717) is 5.57 Å². The highest BCUT2D eigenvalue weighted by Gasteiger charge is 2.10. The van der Waals surface area contributed by atoms with Crippen LogP contribution in [0.5, 0.6) is 5.75 Å². The number of hydrogen-bond acceptors (Lipinski definition) is 4. The van der Waals surface area contributed by atoms with Crippen molar-refractivity contribution in [1.82, 2.24) is 0 Å². The third-order valence-corrected chi connectivity index (χ3v) is 5.42. The van der Waals surface area contributed by atoms with E-state index < -0.39 is 12.1 Å². The highest BCUT2D eigenvalue weighted by Crippen LogP contribution is 2.17. The molecule has 1 atom stereocenters. The minimum atomic E-state index is -0.858. The van der Waals surface area contributed by atoms with Gasteiger partial charge in [0.2, 0.25) is 0 Å². The van der Waals surface area contributed by atoms with Gasteiger partial charge in [0.25, 0.3) is 0 Å². The van der Waals surface area contributed by atoms with Gasteiger partial charge in [-0.3, -0.25) is 0 Å². The number of esters is 1. The maximum absolute atomic E-state index is 11.3. The molecule has 0 fully saturated rings. The zero-order valence-corrected chi connectivity index (χ0v) is 19.9. The number of carbonyl (C=O) groups excluding carboxylic acids is 1. The molecule has 1 aromatic rings.